The molecule has 2 atom stereocenters. The average molecular weight is 212 g/mol. The summed E-state index contributed by atoms with van der Waals surface area (Å²) in [6, 6.07) is 0. The lowest BCUT2D eigenvalue weighted by atomic mass is 9.83. The molecule has 1 aliphatic heterocycles. The molecule has 0 aliphatic carbocycles. The van der Waals surface area contributed by atoms with Gasteiger partial charge in [0.05, 0.1) is 18.8 Å². The van der Waals surface area contributed by atoms with Crippen molar-refractivity contribution in [2.45, 2.75) is 33.3 Å². The molecule has 0 saturated carbocycles. The number of carbonyl (C=O) groups excluding carboxylic acids is 2. The number of ether oxygens (including phenoxy) is 2. The first-order valence-electron chi connectivity index (χ1n) is 4.99. The number of esters is 1. The molecule has 0 unspecified atom stereocenters. The number of Topliss-reactive ketones (excluding diaryl/α,β-unsaturated/α-hetero) is 1. The van der Waals surface area contributed by atoms with Gasteiger partial charge in [-0.2, -0.15) is 0 Å². The number of rotatable bonds is 2. The molecule has 0 saturated heterocycles. The van der Waals surface area contributed by atoms with E-state index in [1.165, 1.54) is 6.26 Å². The lowest BCUT2D eigenvalue weighted by Crippen LogP contribution is -2.50. The molecule has 0 fully saturated rings. The van der Waals surface area contributed by atoms with E-state index in [1.54, 1.807) is 27.7 Å². The van der Waals surface area contributed by atoms with Crippen molar-refractivity contribution in [2.24, 2.45) is 5.92 Å². The second-order valence-electron chi connectivity index (χ2n) is 3.83. The lowest BCUT2D eigenvalue weighted by molar-refractivity contribution is -0.173. The van der Waals surface area contributed by atoms with Crippen LogP contribution in [0.4, 0.5) is 0 Å². The van der Waals surface area contributed by atoms with Crippen molar-refractivity contribution >= 4 is 11.8 Å². The highest BCUT2D eigenvalue weighted by Crippen LogP contribution is 2.31. The highest BCUT2D eigenvalue weighted by molar-refractivity contribution is 6.01. The van der Waals surface area contributed by atoms with Gasteiger partial charge in [0.2, 0.25) is 5.60 Å². The van der Waals surface area contributed by atoms with Crippen molar-refractivity contribution in [2.75, 3.05) is 6.61 Å². The predicted octanol–water partition coefficient (Wildman–Crippen LogP) is 1.45. The average Bonchev–Trinajstić information content (AvgIpc) is 2.21. The van der Waals surface area contributed by atoms with Crippen LogP contribution in [0.5, 0.6) is 0 Å². The Morgan fingerprint density at radius 1 is 1.67 bits per heavy atom. The first-order valence-corrected chi connectivity index (χ1v) is 4.99. The quantitative estimate of drug-likeness (QED) is 0.650. The molecule has 0 amide bonds. The minimum Gasteiger partial charge on any atom is -0.482 e. The van der Waals surface area contributed by atoms with E-state index in [9.17, 15) is 9.59 Å². The molecule has 4 heteroatoms. The summed E-state index contributed by atoms with van der Waals surface area (Å²) in [5, 5.41) is 0. The zero-order valence-corrected chi connectivity index (χ0v) is 9.49. The number of hydrogen-bond acceptors (Lipinski definition) is 4. The maximum atomic E-state index is 11.7. The van der Waals surface area contributed by atoms with Crippen LogP contribution in [0.3, 0.4) is 0 Å². The predicted molar refractivity (Wildman–Crippen MR) is 54.1 cm³/mol. The third-order valence-electron chi connectivity index (χ3n) is 2.77. The Hall–Kier alpha value is -1.32. The highest BCUT2D eigenvalue weighted by atomic mass is 16.6. The van der Waals surface area contributed by atoms with E-state index in [2.05, 4.69) is 0 Å². The minimum atomic E-state index is -1.19. The van der Waals surface area contributed by atoms with Gasteiger partial charge >= 0.3 is 5.97 Å². The normalized spacial score (nSPS) is 30.5. The fourth-order valence-corrected chi connectivity index (χ4v) is 1.46. The van der Waals surface area contributed by atoms with Crippen LogP contribution < -0.4 is 0 Å². The van der Waals surface area contributed by atoms with Crippen LogP contribution in [0.1, 0.15) is 27.7 Å². The molecule has 0 radical (unpaired) electrons. The molecule has 0 bridgehead atoms. The first kappa shape index (κ1) is 11.8. The summed E-state index contributed by atoms with van der Waals surface area (Å²) in [5.41, 5.74) is -0.656. The number of allylic oxidation sites excluding steroid dienone is 1. The third kappa shape index (κ3) is 1.89. The van der Waals surface area contributed by atoms with Crippen molar-refractivity contribution in [1.82, 2.24) is 0 Å². The second-order valence-corrected chi connectivity index (χ2v) is 3.83. The SMILES string of the molecule is CCOC(=O)[C@@]1(C)OC=C(C)C(=O)[C@H]1C. The summed E-state index contributed by atoms with van der Waals surface area (Å²) in [5.74, 6) is -1.08. The molecule has 0 aromatic heterocycles. The molecule has 1 heterocycles. The summed E-state index contributed by atoms with van der Waals surface area (Å²) < 4.78 is 10.2. The molecule has 0 spiro atoms. The van der Waals surface area contributed by atoms with Gasteiger partial charge in [-0.3, -0.25) is 4.79 Å². The molecule has 0 N–H and O–H groups in total. The van der Waals surface area contributed by atoms with Crippen LogP contribution in [0, 0.1) is 5.92 Å². The van der Waals surface area contributed by atoms with Crippen LogP contribution in [-0.4, -0.2) is 24.0 Å². The van der Waals surface area contributed by atoms with E-state index in [4.69, 9.17) is 9.47 Å². The summed E-state index contributed by atoms with van der Waals surface area (Å²) in [6.45, 7) is 6.93. The second kappa shape index (κ2) is 4.04. The Balaban J connectivity index is 2.96. The monoisotopic (exact) mass is 212 g/mol. The maximum absolute atomic E-state index is 11.7. The van der Waals surface area contributed by atoms with Gasteiger partial charge in [-0.1, -0.05) is 6.92 Å². The molecule has 0 aromatic carbocycles. The van der Waals surface area contributed by atoms with Crippen molar-refractivity contribution in [3.05, 3.63) is 11.8 Å². The van der Waals surface area contributed by atoms with Crippen LogP contribution in [0.15, 0.2) is 11.8 Å². The van der Waals surface area contributed by atoms with E-state index in [1.807, 2.05) is 0 Å². The van der Waals surface area contributed by atoms with E-state index in [0.29, 0.717) is 5.57 Å². The zero-order valence-electron chi connectivity index (χ0n) is 9.49. The van der Waals surface area contributed by atoms with Gasteiger partial charge < -0.3 is 9.47 Å². The van der Waals surface area contributed by atoms with E-state index < -0.39 is 17.5 Å². The zero-order chi connectivity index (χ0) is 11.6. The topological polar surface area (TPSA) is 52.6 Å². The number of carbonyl (C=O) groups is 2. The van der Waals surface area contributed by atoms with Gasteiger partial charge in [0.25, 0.3) is 0 Å². The Kier molecular flexibility index (Phi) is 3.17. The summed E-state index contributed by atoms with van der Waals surface area (Å²) in [4.78, 5) is 23.3. The fraction of sp³-hybridized carbons (Fsp3) is 0.636. The lowest BCUT2D eigenvalue weighted by Gasteiger charge is -2.34. The number of hydrogen-bond donors (Lipinski definition) is 0. The van der Waals surface area contributed by atoms with E-state index in [-0.39, 0.29) is 12.4 Å². The summed E-state index contributed by atoms with van der Waals surface area (Å²) in [6.07, 6.45) is 1.33. The molecule has 4 nitrogen and oxygen atoms in total. The Bertz CT molecular complexity index is 319. The Morgan fingerprint density at radius 2 is 2.27 bits per heavy atom. The van der Waals surface area contributed by atoms with Crippen LogP contribution in [-0.2, 0) is 19.1 Å². The largest absolute Gasteiger partial charge is 0.482 e. The summed E-state index contributed by atoms with van der Waals surface area (Å²) >= 11 is 0. The maximum Gasteiger partial charge on any atom is 0.350 e. The molecule has 15 heavy (non-hydrogen) atoms. The molecular formula is C11H16O4. The molecule has 1 rings (SSSR count). The Morgan fingerprint density at radius 3 is 2.80 bits per heavy atom. The third-order valence-corrected chi connectivity index (χ3v) is 2.77. The molecule has 84 valence electrons. The highest BCUT2D eigenvalue weighted by Gasteiger charge is 2.48. The molecular weight excluding hydrogens is 196 g/mol. The minimum absolute atomic E-state index is 0.0724. The fourth-order valence-electron chi connectivity index (χ4n) is 1.46. The first-order chi connectivity index (χ1) is 6.93. The van der Waals surface area contributed by atoms with Gasteiger partial charge in [-0.15, -0.1) is 0 Å². The molecule has 0 aromatic rings. The van der Waals surface area contributed by atoms with Gasteiger partial charge in [-0.25, -0.2) is 4.79 Å². The van der Waals surface area contributed by atoms with Crippen molar-refractivity contribution in [3.63, 3.8) is 0 Å². The molecule has 1 aliphatic rings. The summed E-state index contributed by atoms with van der Waals surface area (Å²) in [7, 11) is 0. The standard InChI is InChI=1S/C11H16O4/c1-5-14-10(13)11(4)8(3)9(12)7(2)6-15-11/h6,8H,5H2,1-4H3/t8-,11+/m1/s1. The number of ketones is 1. The van der Waals surface area contributed by atoms with Gasteiger partial charge in [-0.05, 0) is 20.8 Å². The smallest absolute Gasteiger partial charge is 0.350 e. The van der Waals surface area contributed by atoms with Gasteiger partial charge in [0.15, 0.2) is 5.78 Å². The van der Waals surface area contributed by atoms with E-state index in [0.717, 1.165) is 0 Å². The Labute approximate surface area is 89.2 Å². The van der Waals surface area contributed by atoms with Crippen molar-refractivity contribution < 1.29 is 19.1 Å². The van der Waals surface area contributed by atoms with Crippen LogP contribution >= 0.6 is 0 Å². The van der Waals surface area contributed by atoms with Crippen molar-refractivity contribution in [1.29, 1.82) is 0 Å². The van der Waals surface area contributed by atoms with Crippen LogP contribution in [0.25, 0.3) is 0 Å². The van der Waals surface area contributed by atoms with Crippen molar-refractivity contribution in [3.8, 4) is 0 Å². The van der Waals surface area contributed by atoms with E-state index >= 15 is 0 Å². The van der Waals surface area contributed by atoms with Gasteiger partial charge in [0, 0.05) is 5.57 Å². The van der Waals surface area contributed by atoms with Crippen LogP contribution in [0.2, 0.25) is 0 Å². The van der Waals surface area contributed by atoms with Gasteiger partial charge in [0.1, 0.15) is 0 Å².